The summed E-state index contributed by atoms with van der Waals surface area (Å²) in [7, 11) is 3.60. The lowest BCUT2D eigenvalue weighted by atomic mass is 9.96. The highest BCUT2D eigenvalue weighted by molar-refractivity contribution is 6.31. The first kappa shape index (κ1) is 32.9. The lowest BCUT2D eigenvalue weighted by Crippen LogP contribution is -2.45. The average molecular weight is 661 g/mol. The quantitative estimate of drug-likeness (QED) is 0.200. The van der Waals surface area contributed by atoms with Crippen molar-refractivity contribution in [2.45, 2.75) is 18.6 Å². The van der Waals surface area contributed by atoms with E-state index in [-0.39, 0.29) is 30.8 Å². The van der Waals surface area contributed by atoms with Gasteiger partial charge in [0.05, 0.1) is 30.9 Å². The Morgan fingerprint density at radius 1 is 1.04 bits per heavy atom. The summed E-state index contributed by atoms with van der Waals surface area (Å²) in [6.45, 7) is 2.27. The first-order valence-corrected chi connectivity index (χ1v) is 15.1. The second-order valence-corrected chi connectivity index (χ2v) is 11.4. The molecule has 10 nitrogen and oxygen atoms in total. The second kappa shape index (κ2) is 14.7. The van der Waals surface area contributed by atoms with E-state index in [4.69, 9.17) is 16.3 Å². The lowest BCUT2D eigenvalue weighted by Gasteiger charge is -2.24. The summed E-state index contributed by atoms with van der Waals surface area (Å²) < 4.78 is 9.34. The third-order valence-electron chi connectivity index (χ3n) is 7.93. The molecular weight excluding hydrogens is 625 g/mol. The first-order valence-electron chi connectivity index (χ1n) is 14.7. The second-order valence-electron chi connectivity index (χ2n) is 11.0. The van der Waals surface area contributed by atoms with Gasteiger partial charge in [-0.2, -0.15) is 5.10 Å². The Balaban J connectivity index is 0.00000417. The molecule has 0 spiro atoms. The highest BCUT2D eigenvalue weighted by atomic mass is 35.5. The molecule has 0 saturated carbocycles. The van der Waals surface area contributed by atoms with Crippen molar-refractivity contribution in [2.24, 2.45) is 14.1 Å². The van der Waals surface area contributed by atoms with Gasteiger partial charge < -0.3 is 25.3 Å². The lowest BCUT2D eigenvalue weighted by molar-refractivity contribution is -0.118. The molecule has 3 heterocycles. The Morgan fingerprint density at radius 2 is 1.83 bits per heavy atom. The molecule has 1 saturated heterocycles. The van der Waals surface area contributed by atoms with Crippen molar-refractivity contribution in [2.75, 3.05) is 25.0 Å². The summed E-state index contributed by atoms with van der Waals surface area (Å²) >= 11 is 6.69. The molecular formula is C34H35Cl2N7O3. The average Bonchev–Trinajstić information content (AvgIpc) is 3.70. The number of amides is 2. The van der Waals surface area contributed by atoms with Gasteiger partial charge >= 0.3 is 0 Å². The number of hydrogen-bond acceptors (Lipinski definition) is 6. The molecule has 6 rings (SSSR count). The van der Waals surface area contributed by atoms with Crippen LogP contribution in [0.15, 0.2) is 91.5 Å². The highest BCUT2D eigenvalue weighted by Crippen LogP contribution is 2.30. The van der Waals surface area contributed by atoms with Crippen molar-refractivity contribution < 1.29 is 14.3 Å². The molecule has 5 aromatic rings. The van der Waals surface area contributed by atoms with Crippen molar-refractivity contribution in [1.82, 2.24) is 30.0 Å². The fourth-order valence-corrected chi connectivity index (χ4v) is 5.65. The van der Waals surface area contributed by atoms with Crippen LogP contribution < -0.4 is 16.0 Å². The number of halogens is 2. The van der Waals surface area contributed by atoms with Crippen LogP contribution >= 0.6 is 24.0 Å². The number of carbonyl (C=O) groups excluding carboxylic acids is 2. The number of nitrogens with one attached hydrogen (secondary N) is 3. The molecule has 1 unspecified atom stereocenters. The van der Waals surface area contributed by atoms with Crippen molar-refractivity contribution in [3.05, 3.63) is 113 Å². The minimum Gasteiger partial charge on any atom is -0.371 e. The molecule has 0 aliphatic carbocycles. The first-order chi connectivity index (χ1) is 21.9. The molecule has 1 fully saturated rings. The van der Waals surface area contributed by atoms with E-state index in [9.17, 15) is 9.59 Å². The predicted molar refractivity (Wildman–Crippen MR) is 181 cm³/mol. The van der Waals surface area contributed by atoms with Crippen LogP contribution in [0.4, 0.5) is 5.69 Å². The fraction of sp³-hybridized carbons (Fsp3) is 0.235. The summed E-state index contributed by atoms with van der Waals surface area (Å²) in [5.74, 6) is -0.785. The van der Waals surface area contributed by atoms with E-state index in [0.29, 0.717) is 23.0 Å². The molecule has 3 aromatic carbocycles. The van der Waals surface area contributed by atoms with E-state index in [1.54, 1.807) is 25.6 Å². The van der Waals surface area contributed by atoms with Crippen LogP contribution in [0.2, 0.25) is 5.02 Å². The van der Waals surface area contributed by atoms with Gasteiger partial charge in [0.25, 0.3) is 5.91 Å². The van der Waals surface area contributed by atoms with Gasteiger partial charge in [0, 0.05) is 50.5 Å². The van der Waals surface area contributed by atoms with Crippen molar-refractivity contribution in [1.29, 1.82) is 0 Å². The number of benzene rings is 3. The molecule has 238 valence electrons. The number of morpholine rings is 1. The third kappa shape index (κ3) is 7.48. The van der Waals surface area contributed by atoms with Crippen LogP contribution in [-0.4, -0.2) is 56.9 Å². The van der Waals surface area contributed by atoms with Crippen molar-refractivity contribution in [3.63, 3.8) is 0 Å². The maximum atomic E-state index is 13.7. The Labute approximate surface area is 278 Å². The fourth-order valence-electron chi connectivity index (χ4n) is 5.46. The zero-order chi connectivity index (χ0) is 31.3. The molecule has 1 aliphatic heterocycles. The molecule has 0 bridgehead atoms. The van der Waals surface area contributed by atoms with Gasteiger partial charge in [-0.05, 0) is 64.2 Å². The van der Waals surface area contributed by atoms with E-state index in [2.05, 4.69) is 38.2 Å². The van der Waals surface area contributed by atoms with Crippen LogP contribution in [-0.2, 0) is 30.0 Å². The summed E-state index contributed by atoms with van der Waals surface area (Å²) in [6.07, 6.45) is 5.22. The van der Waals surface area contributed by atoms with E-state index in [1.165, 1.54) is 10.9 Å². The van der Waals surface area contributed by atoms with Crippen LogP contribution in [0.1, 0.15) is 27.7 Å². The Kier molecular flexibility index (Phi) is 10.5. The zero-order valence-electron chi connectivity index (χ0n) is 25.4. The summed E-state index contributed by atoms with van der Waals surface area (Å²) in [4.78, 5) is 31.2. The molecule has 1 aliphatic rings. The number of rotatable bonds is 9. The minimum atomic E-state index is -0.926. The van der Waals surface area contributed by atoms with Gasteiger partial charge in [0.15, 0.2) is 0 Å². The number of aromatic nitrogens is 4. The normalized spacial score (nSPS) is 15.1. The number of ether oxygens (including phenoxy) is 1. The van der Waals surface area contributed by atoms with Gasteiger partial charge in [-0.1, -0.05) is 48.0 Å². The number of aryl methyl sites for hydroxylation is 2. The Bertz CT molecular complexity index is 1810. The molecule has 0 radical (unpaired) electrons. The molecule has 3 N–H and O–H groups in total. The van der Waals surface area contributed by atoms with Crippen molar-refractivity contribution in [3.8, 4) is 22.4 Å². The zero-order valence-corrected chi connectivity index (χ0v) is 27.0. The van der Waals surface area contributed by atoms with Gasteiger partial charge in [-0.25, -0.2) is 4.98 Å². The van der Waals surface area contributed by atoms with E-state index < -0.39 is 11.9 Å². The Hall–Kier alpha value is -4.48. The van der Waals surface area contributed by atoms with Crippen LogP contribution in [0.3, 0.4) is 0 Å². The van der Waals surface area contributed by atoms with Crippen LogP contribution in [0.5, 0.6) is 0 Å². The van der Waals surface area contributed by atoms with E-state index >= 15 is 0 Å². The standard InChI is InChI=1S/C34H34ClN7O3.ClH/c1-41-21-37-19-31(41)22-6-9-27(10-7-22)39-33(43)29(40-34(44)30-12-13-38-42(30)2)18-26-17-24(8-11-28(26)35)23-4-3-5-25(16-23)32-20-36-14-15-45-32;/h3-13,16-17,19,21,29,32,36H,14-15,18,20H2,1-2H3,(H,39,43)(H,40,44);1H/t29-,32?;/m0./s1. The molecule has 12 heteroatoms. The molecule has 46 heavy (non-hydrogen) atoms. The third-order valence-corrected chi connectivity index (χ3v) is 8.30. The van der Waals surface area contributed by atoms with Gasteiger partial charge in [0.2, 0.25) is 5.91 Å². The molecule has 2 atom stereocenters. The maximum absolute atomic E-state index is 13.7. The Morgan fingerprint density at radius 3 is 2.52 bits per heavy atom. The highest BCUT2D eigenvalue weighted by Gasteiger charge is 2.25. The minimum absolute atomic E-state index is 0. The van der Waals surface area contributed by atoms with Gasteiger partial charge in [-0.15, -0.1) is 12.4 Å². The largest absolute Gasteiger partial charge is 0.371 e. The molecule has 2 amide bonds. The van der Waals surface area contributed by atoms with Crippen LogP contribution in [0, 0.1) is 0 Å². The van der Waals surface area contributed by atoms with E-state index in [0.717, 1.165) is 46.6 Å². The summed E-state index contributed by atoms with van der Waals surface area (Å²) in [5, 5.41) is 13.8. The summed E-state index contributed by atoms with van der Waals surface area (Å²) in [6, 6.07) is 22.2. The van der Waals surface area contributed by atoms with E-state index in [1.807, 2.05) is 66.2 Å². The SMILES string of the molecule is Cl.Cn1cncc1-c1ccc(NC(=O)[C@H](Cc2cc(-c3cccc(C4CNCCO4)c3)ccc2Cl)NC(=O)c2ccnn2C)cc1. The number of nitrogens with zero attached hydrogens (tertiary/aromatic N) is 4. The number of carbonyl (C=O) groups is 2. The predicted octanol–water partition coefficient (Wildman–Crippen LogP) is 5.20. The van der Waals surface area contributed by atoms with Gasteiger partial charge in [0.1, 0.15) is 11.7 Å². The smallest absolute Gasteiger partial charge is 0.270 e. The van der Waals surface area contributed by atoms with Crippen molar-refractivity contribution >= 4 is 41.5 Å². The number of anilines is 1. The molecule has 2 aromatic heterocycles. The number of hydrogen-bond donors (Lipinski definition) is 3. The maximum Gasteiger partial charge on any atom is 0.270 e. The van der Waals surface area contributed by atoms with Gasteiger partial charge in [-0.3, -0.25) is 14.3 Å². The van der Waals surface area contributed by atoms with Crippen LogP contribution in [0.25, 0.3) is 22.4 Å². The monoisotopic (exact) mass is 659 g/mol. The topological polar surface area (TPSA) is 115 Å². The summed E-state index contributed by atoms with van der Waals surface area (Å²) in [5.41, 5.74) is 6.63. The number of imidazole rings is 1.